The summed E-state index contributed by atoms with van der Waals surface area (Å²) in [5, 5.41) is 0. The molecule has 1 saturated heterocycles. The average molecular weight is 205 g/mol. The summed E-state index contributed by atoms with van der Waals surface area (Å²) in [6, 6.07) is 4.01. The predicted octanol–water partition coefficient (Wildman–Crippen LogP) is 0.560. The lowest BCUT2D eigenvalue weighted by Crippen LogP contribution is -2.26. The van der Waals surface area contributed by atoms with Crippen molar-refractivity contribution in [3.8, 4) is 0 Å². The van der Waals surface area contributed by atoms with Gasteiger partial charge in [-0.15, -0.1) is 0 Å². The molecule has 1 aromatic heterocycles. The highest BCUT2D eigenvalue weighted by Gasteiger charge is 2.37. The number of hydrogen-bond acceptors (Lipinski definition) is 3. The highest BCUT2D eigenvalue weighted by molar-refractivity contribution is 5.79. The Balaban J connectivity index is 2.30. The SMILES string of the molecule is CN1C(=O)CC(CN)C1c1ccncc1. The van der Waals surface area contributed by atoms with E-state index in [4.69, 9.17) is 5.73 Å². The number of hydrogen-bond donors (Lipinski definition) is 1. The van der Waals surface area contributed by atoms with Crippen LogP contribution in [0.1, 0.15) is 18.0 Å². The molecule has 2 N–H and O–H groups in total. The molecule has 1 fully saturated rings. The molecule has 0 bridgehead atoms. The number of nitrogens with two attached hydrogens (primary N) is 1. The third-order valence-corrected chi connectivity index (χ3v) is 3.04. The fraction of sp³-hybridized carbons (Fsp3) is 0.455. The molecule has 15 heavy (non-hydrogen) atoms. The lowest BCUT2D eigenvalue weighted by atomic mass is 9.95. The molecule has 0 saturated carbocycles. The Kier molecular flexibility index (Phi) is 2.68. The average Bonchev–Trinajstić information content (AvgIpc) is 2.56. The van der Waals surface area contributed by atoms with Crippen LogP contribution in [0.15, 0.2) is 24.5 Å². The molecule has 2 unspecified atom stereocenters. The third kappa shape index (κ3) is 1.72. The van der Waals surface area contributed by atoms with E-state index in [0.29, 0.717) is 13.0 Å². The Morgan fingerprint density at radius 1 is 1.53 bits per heavy atom. The van der Waals surface area contributed by atoms with E-state index in [0.717, 1.165) is 5.56 Å². The van der Waals surface area contributed by atoms with Gasteiger partial charge in [0.05, 0.1) is 6.04 Å². The second-order valence-electron chi connectivity index (χ2n) is 3.93. The fourth-order valence-corrected chi connectivity index (χ4v) is 2.22. The maximum absolute atomic E-state index is 11.6. The molecule has 2 rings (SSSR count). The Labute approximate surface area is 89.1 Å². The van der Waals surface area contributed by atoms with Crippen molar-refractivity contribution in [1.82, 2.24) is 9.88 Å². The number of pyridine rings is 1. The van der Waals surface area contributed by atoms with E-state index >= 15 is 0 Å². The minimum absolute atomic E-state index is 0.116. The highest BCUT2D eigenvalue weighted by Crippen LogP contribution is 2.35. The molecule has 0 aromatic carbocycles. The van der Waals surface area contributed by atoms with Gasteiger partial charge in [0.25, 0.3) is 0 Å². The first kappa shape index (κ1) is 10.1. The van der Waals surface area contributed by atoms with Gasteiger partial charge in [-0.05, 0) is 24.2 Å². The molecule has 0 spiro atoms. The minimum atomic E-state index is 0.116. The lowest BCUT2D eigenvalue weighted by Gasteiger charge is -2.24. The van der Waals surface area contributed by atoms with Gasteiger partial charge in [0.1, 0.15) is 0 Å². The van der Waals surface area contributed by atoms with Crippen molar-refractivity contribution in [2.24, 2.45) is 11.7 Å². The quantitative estimate of drug-likeness (QED) is 0.767. The molecule has 2 heterocycles. The van der Waals surface area contributed by atoms with Gasteiger partial charge in [0, 0.05) is 31.8 Å². The van der Waals surface area contributed by atoms with E-state index in [-0.39, 0.29) is 17.9 Å². The van der Waals surface area contributed by atoms with Crippen LogP contribution in [0.2, 0.25) is 0 Å². The van der Waals surface area contributed by atoms with E-state index in [1.54, 1.807) is 17.3 Å². The van der Waals surface area contributed by atoms with Gasteiger partial charge >= 0.3 is 0 Å². The second-order valence-corrected chi connectivity index (χ2v) is 3.93. The summed E-state index contributed by atoms with van der Waals surface area (Å²) in [5.41, 5.74) is 6.81. The molecule has 2 atom stereocenters. The van der Waals surface area contributed by atoms with Crippen LogP contribution in [0.5, 0.6) is 0 Å². The van der Waals surface area contributed by atoms with Crippen molar-refractivity contribution in [1.29, 1.82) is 0 Å². The zero-order valence-corrected chi connectivity index (χ0v) is 8.76. The van der Waals surface area contributed by atoms with Crippen molar-refractivity contribution in [2.45, 2.75) is 12.5 Å². The number of amides is 1. The largest absolute Gasteiger partial charge is 0.338 e. The van der Waals surface area contributed by atoms with Gasteiger partial charge in [-0.1, -0.05) is 0 Å². The molecule has 1 amide bonds. The Morgan fingerprint density at radius 3 is 2.80 bits per heavy atom. The topological polar surface area (TPSA) is 59.2 Å². The molecule has 1 aliphatic heterocycles. The maximum atomic E-state index is 11.6. The first-order chi connectivity index (χ1) is 7.24. The zero-order chi connectivity index (χ0) is 10.8. The monoisotopic (exact) mass is 205 g/mol. The van der Waals surface area contributed by atoms with Gasteiger partial charge in [-0.3, -0.25) is 9.78 Å². The zero-order valence-electron chi connectivity index (χ0n) is 8.76. The molecule has 1 aliphatic rings. The van der Waals surface area contributed by atoms with Gasteiger partial charge in [-0.25, -0.2) is 0 Å². The first-order valence-electron chi connectivity index (χ1n) is 5.09. The third-order valence-electron chi connectivity index (χ3n) is 3.04. The van der Waals surface area contributed by atoms with Crippen LogP contribution in [0, 0.1) is 5.92 Å². The van der Waals surface area contributed by atoms with Gasteiger partial charge in [-0.2, -0.15) is 0 Å². The Hall–Kier alpha value is -1.42. The number of carbonyl (C=O) groups excluding carboxylic acids is 1. The Bertz CT molecular complexity index is 352. The van der Waals surface area contributed by atoms with E-state index in [1.807, 2.05) is 19.2 Å². The number of aromatic nitrogens is 1. The first-order valence-corrected chi connectivity index (χ1v) is 5.09. The van der Waals surface area contributed by atoms with Gasteiger partial charge < -0.3 is 10.6 Å². The van der Waals surface area contributed by atoms with Gasteiger partial charge in [0.15, 0.2) is 0 Å². The molecule has 1 aromatic rings. The van der Waals surface area contributed by atoms with Crippen molar-refractivity contribution in [3.63, 3.8) is 0 Å². The number of likely N-dealkylation sites (tertiary alicyclic amines) is 1. The van der Waals surface area contributed by atoms with Gasteiger partial charge in [0.2, 0.25) is 5.91 Å². The summed E-state index contributed by atoms with van der Waals surface area (Å²) >= 11 is 0. The van der Waals surface area contributed by atoms with Crippen molar-refractivity contribution in [2.75, 3.05) is 13.6 Å². The molecule has 4 nitrogen and oxygen atoms in total. The van der Waals surface area contributed by atoms with E-state index in [9.17, 15) is 4.79 Å². The smallest absolute Gasteiger partial charge is 0.223 e. The summed E-state index contributed by atoms with van der Waals surface area (Å²) in [7, 11) is 1.84. The molecular formula is C11H15N3O. The van der Waals surface area contributed by atoms with Crippen LogP contribution in [0.4, 0.5) is 0 Å². The summed E-state index contributed by atoms with van der Waals surface area (Å²) < 4.78 is 0. The van der Waals surface area contributed by atoms with Crippen molar-refractivity contribution < 1.29 is 4.79 Å². The number of nitrogens with zero attached hydrogens (tertiary/aromatic N) is 2. The maximum Gasteiger partial charge on any atom is 0.223 e. The summed E-state index contributed by atoms with van der Waals surface area (Å²) in [6.07, 6.45) is 4.05. The highest BCUT2D eigenvalue weighted by atomic mass is 16.2. The van der Waals surface area contributed by atoms with Crippen LogP contribution in [0.3, 0.4) is 0 Å². The van der Waals surface area contributed by atoms with E-state index in [2.05, 4.69) is 4.98 Å². The van der Waals surface area contributed by atoms with Crippen LogP contribution >= 0.6 is 0 Å². The number of carbonyl (C=O) groups is 1. The van der Waals surface area contributed by atoms with Crippen LogP contribution < -0.4 is 5.73 Å². The lowest BCUT2D eigenvalue weighted by molar-refractivity contribution is -0.127. The summed E-state index contributed by atoms with van der Waals surface area (Å²) in [5.74, 6) is 0.400. The summed E-state index contributed by atoms with van der Waals surface area (Å²) in [6.45, 7) is 0.545. The van der Waals surface area contributed by atoms with Crippen molar-refractivity contribution in [3.05, 3.63) is 30.1 Å². The van der Waals surface area contributed by atoms with Crippen LogP contribution in [0.25, 0.3) is 0 Å². The molecule has 4 heteroatoms. The molecule has 0 aliphatic carbocycles. The normalized spacial score (nSPS) is 26.0. The number of rotatable bonds is 2. The Morgan fingerprint density at radius 2 is 2.20 bits per heavy atom. The van der Waals surface area contributed by atoms with Crippen molar-refractivity contribution >= 4 is 5.91 Å². The summed E-state index contributed by atoms with van der Waals surface area (Å²) in [4.78, 5) is 17.3. The van der Waals surface area contributed by atoms with Crippen LogP contribution in [-0.4, -0.2) is 29.4 Å². The standard InChI is InChI=1S/C11H15N3O/c1-14-10(15)6-9(7-12)11(14)8-2-4-13-5-3-8/h2-5,9,11H,6-7,12H2,1H3. The molecule has 0 radical (unpaired) electrons. The molecular weight excluding hydrogens is 190 g/mol. The van der Waals surface area contributed by atoms with Crippen LogP contribution in [-0.2, 0) is 4.79 Å². The molecule has 80 valence electrons. The minimum Gasteiger partial charge on any atom is -0.338 e. The van der Waals surface area contributed by atoms with E-state index < -0.39 is 0 Å². The second kappa shape index (κ2) is 3.98. The fourth-order valence-electron chi connectivity index (χ4n) is 2.22. The van der Waals surface area contributed by atoms with E-state index in [1.165, 1.54) is 0 Å². The predicted molar refractivity (Wildman–Crippen MR) is 56.9 cm³/mol.